The van der Waals surface area contributed by atoms with Gasteiger partial charge in [0.05, 0.1) is 12.3 Å². The van der Waals surface area contributed by atoms with Crippen LogP contribution in [0.2, 0.25) is 0 Å². The van der Waals surface area contributed by atoms with Crippen molar-refractivity contribution in [3.8, 4) is 0 Å². The molecule has 0 saturated heterocycles. The lowest BCUT2D eigenvalue weighted by atomic mass is 9.46. The van der Waals surface area contributed by atoms with Gasteiger partial charge in [0.2, 0.25) is 0 Å². The maximum Gasteiger partial charge on any atom is 0.259 e. The summed E-state index contributed by atoms with van der Waals surface area (Å²) in [7, 11) is 0. The molecule has 5 aliphatic rings. The summed E-state index contributed by atoms with van der Waals surface area (Å²) < 4.78 is 0. The lowest BCUT2D eigenvalue weighted by molar-refractivity contribution is -0.127. The predicted molar refractivity (Wildman–Crippen MR) is 131 cm³/mol. The van der Waals surface area contributed by atoms with Crippen LogP contribution in [0.25, 0.3) is 0 Å². The molecule has 3 saturated carbocycles. The Kier molecular flexibility index (Phi) is 7.15. The van der Waals surface area contributed by atoms with E-state index in [1.54, 1.807) is 0 Å². The number of allylic oxidation sites excluding steroid dienone is 4. The normalized spacial score (nSPS) is 39.4. The average Bonchev–Trinajstić information content (AvgIpc) is 3.16. The largest absolute Gasteiger partial charge is 1.00 e. The Balaban J connectivity index is 0.00000274. The van der Waals surface area contributed by atoms with E-state index >= 15 is 0 Å². The lowest BCUT2D eigenvalue weighted by Gasteiger charge is -2.58. The molecule has 186 valence electrons. The molecule has 0 aromatic heterocycles. The standard InChI is InChI=1S/C28H39N3O2.ClH/c1-19(32)23-9-10-24-22-8-7-20-17-21(29-30-26(33)18-31-15-5-4-6-16-31)11-13-27(20,2)25(22)12-14-28(23,24)3;/h4-6,15,17,22-25H,7-14,16,18H2,1-3H3,(H,30,33);1H/p-1/t22?,23-,24?,25?,27+,28+;/m1./s1. The second-order valence-corrected chi connectivity index (χ2v) is 11.6. The molecule has 5 nitrogen and oxygen atoms in total. The van der Waals surface area contributed by atoms with Crippen LogP contribution in [0.1, 0.15) is 72.1 Å². The Morgan fingerprint density at radius 3 is 2.65 bits per heavy atom. The van der Waals surface area contributed by atoms with Crippen LogP contribution < -0.4 is 17.8 Å². The maximum atomic E-state index is 12.4. The van der Waals surface area contributed by atoms with Crippen LogP contribution in [0.15, 0.2) is 41.2 Å². The van der Waals surface area contributed by atoms with Crippen molar-refractivity contribution < 1.29 is 22.0 Å². The van der Waals surface area contributed by atoms with Crippen molar-refractivity contribution in [1.82, 2.24) is 10.3 Å². The van der Waals surface area contributed by atoms with Crippen LogP contribution in [-0.4, -0.2) is 35.4 Å². The summed E-state index contributed by atoms with van der Waals surface area (Å²) in [6.45, 7) is 7.82. The lowest BCUT2D eigenvalue weighted by Crippen LogP contribution is -3.00. The minimum absolute atomic E-state index is 0. The molecule has 0 spiro atoms. The summed E-state index contributed by atoms with van der Waals surface area (Å²) in [5.41, 5.74) is 5.80. The summed E-state index contributed by atoms with van der Waals surface area (Å²) in [5.74, 6) is 2.80. The summed E-state index contributed by atoms with van der Waals surface area (Å²) in [5, 5.41) is 4.50. The highest BCUT2D eigenvalue weighted by atomic mass is 35.5. The molecular formula is C28H39ClN3O2-. The first kappa shape index (κ1) is 25.2. The van der Waals surface area contributed by atoms with Crippen LogP contribution in [0.3, 0.4) is 0 Å². The minimum atomic E-state index is -0.0641. The van der Waals surface area contributed by atoms with Crippen molar-refractivity contribution in [2.75, 3.05) is 13.1 Å². The fourth-order valence-corrected chi connectivity index (χ4v) is 8.31. The third-order valence-corrected chi connectivity index (χ3v) is 10.0. The molecular weight excluding hydrogens is 446 g/mol. The van der Waals surface area contributed by atoms with Gasteiger partial charge < -0.3 is 17.3 Å². The van der Waals surface area contributed by atoms with E-state index in [9.17, 15) is 9.59 Å². The van der Waals surface area contributed by atoms with Crippen LogP contribution in [0.5, 0.6) is 0 Å². The molecule has 3 unspecified atom stereocenters. The Hall–Kier alpha value is -1.88. The van der Waals surface area contributed by atoms with Crippen LogP contribution >= 0.6 is 0 Å². The Bertz CT molecular complexity index is 953. The molecule has 0 aromatic rings. The van der Waals surface area contributed by atoms with E-state index < -0.39 is 0 Å². The number of hydrazone groups is 1. The van der Waals surface area contributed by atoms with Gasteiger partial charge in [0.1, 0.15) is 5.78 Å². The molecule has 0 bridgehead atoms. The van der Waals surface area contributed by atoms with Gasteiger partial charge in [-0.15, -0.1) is 0 Å². The molecule has 3 fully saturated rings. The third-order valence-electron chi connectivity index (χ3n) is 10.0. The van der Waals surface area contributed by atoms with E-state index in [2.05, 4.69) is 30.5 Å². The quantitative estimate of drug-likeness (QED) is 0.621. The number of nitrogens with one attached hydrogen (secondary N) is 1. The van der Waals surface area contributed by atoms with Gasteiger partial charge >= 0.3 is 0 Å². The predicted octanol–water partition coefficient (Wildman–Crippen LogP) is 2.02. The van der Waals surface area contributed by atoms with E-state index in [0.29, 0.717) is 18.2 Å². The van der Waals surface area contributed by atoms with Gasteiger partial charge in [0.15, 0.2) is 0 Å². The van der Waals surface area contributed by atoms with Crippen molar-refractivity contribution in [2.24, 2.45) is 39.6 Å². The number of carbonyl (C=O) groups excluding carboxylic acids is 2. The number of hydrogen-bond acceptors (Lipinski definition) is 4. The fraction of sp³-hybridized carbons (Fsp3) is 0.679. The molecule has 1 heterocycles. The van der Waals surface area contributed by atoms with E-state index in [4.69, 9.17) is 0 Å². The number of rotatable bonds is 4. The zero-order valence-electron chi connectivity index (χ0n) is 20.9. The average molecular weight is 485 g/mol. The molecule has 5 rings (SSSR count). The highest BCUT2D eigenvalue weighted by Crippen LogP contribution is 2.66. The van der Waals surface area contributed by atoms with Gasteiger partial charge in [0, 0.05) is 12.5 Å². The summed E-state index contributed by atoms with van der Waals surface area (Å²) >= 11 is 0. The zero-order valence-corrected chi connectivity index (χ0v) is 21.6. The van der Waals surface area contributed by atoms with Gasteiger partial charge in [-0.1, -0.05) is 31.6 Å². The first-order valence-electron chi connectivity index (χ1n) is 13.0. The smallest absolute Gasteiger partial charge is 0.259 e. The van der Waals surface area contributed by atoms with Crippen molar-refractivity contribution in [1.29, 1.82) is 0 Å². The number of amides is 1. The fourth-order valence-electron chi connectivity index (χ4n) is 8.31. The maximum absolute atomic E-state index is 12.4. The Labute approximate surface area is 210 Å². The first-order valence-corrected chi connectivity index (χ1v) is 13.0. The molecule has 6 atom stereocenters. The van der Waals surface area contributed by atoms with Crippen LogP contribution in [0.4, 0.5) is 0 Å². The van der Waals surface area contributed by atoms with Crippen molar-refractivity contribution in [2.45, 2.75) is 72.1 Å². The van der Waals surface area contributed by atoms with Crippen molar-refractivity contribution in [3.05, 3.63) is 36.1 Å². The summed E-state index contributed by atoms with van der Waals surface area (Å²) in [6.07, 6.45) is 19.4. The number of carbonyl (C=O) groups is 2. The van der Waals surface area contributed by atoms with Crippen LogP contribution in [-0.2, 0) is 9.59 Å². The molecule has 4 aliphatic carbocycles. The highest BCUT2D eigenvalue weighted by Gasteiger charge is 2.59. The minimum Gasteiger partial charge on any atom is -1.00 e. The topological polar surface area (TPSA) is 61.8 Å². The van der Waals surface area contributed by atoms with Gasteiger partial charge in [-0.05, 0) is 105 Å². The van der Waals surface area contributed by atoms with Crippen LogP contribution in [0, 0.1) is 34.5 Å². The third kappa shape index (κ3) is 4.29. The van der Waals surface area contributed by atoms with Gasteiger partial charge in [-0.2, -0.15) is 5.10 Å². The number of hydrogen-bond donors (Lipinski definition) is 1. The Morgan fingerprint density at radius 1 is 1.09 bits per heavy atom. The first-order chi connectivity index (χ1) is 15.8. The number of ketones is 1. The highest BCUT2D eigenvalue weighted by molar-refractivity contribution is 5.97. The molecule has 1 N–H and O–H groups in total. The molecule has 1 amide bonds. The van der Waals surface area contributed by atoms with E-state index in [0.717, 1.165) is 49.8 Å². The summed E-state index contributed by atoms with van der Waals surface area (Å²) in [4.78, 5) is 26.7. The van der Waals surface area contributed by atoms with Crippen molar-refractivity contribution in [3.63, 3.8) is 0 Å². The molecule has 0 aromatic carbocycles. The van der Waals surface area contributed by atoms with E-state index in [-0.39, 0.29) is 35.1 Å². The number of halogens is 1. The van der Waals surface area contributed by atoms with Gasteiger partial charge in [-0.3, -0.25) is 9.59 Å². The monoisotopic (exact) mass is 484 g/mol. The molecule has 1 aliphatic heterocycles. The Morgan fingerprint density at radius 2 is 1.91 bits per heavy atom. The SMILES string of the molecule is CC(=O)[C@H]1CCC2C3CCC4=CC(=NNC(=O)CN5C=CC=CC5)CC[C@]4(C)C3CC[C@]21C.[Cl-]. The second-order valence-electron chi connectivity index (χ2n) is 11.6. The molecule has 34 heavy (non-hydrogen) atoms. The van der Waals surface area contributed by atoms with E-state index in [1.807, 2.05) is 36.3 Å². The number of fused-ring (bicyclic) bond motifs is 5. The number of Topliss-reactive ketones (excluding diaryl/α,β-unsaturated/α-hetero) is 1. The summed E-state index contributed by atoms with van der Waals surface area (Å²) in [6, 6.07) is 0. The van der Waals surface area contributed by atoms with Gasteiger partial charge in [0.25, 0.3) is 5.91 Å². The van der Waals surface area contributed by atoms with Gasteiger partial charge in [-0.25, -0.2) is 5.43 Å². The molecule has 0 radical (unpaired) electrons. The van der Waals surface area contributed by atoms with Crippen molar-refractivity contribution >= 4 is 17.4 Å². The van der Waals surface area contributed by atoms with E-state index in [1.165, 1.54) is 31.3 Å². The number of nitrogens with zero attached hydrogens (tertiary/aromatic N) is 2. The molecule has 6 heteroatoms. The zero-order chi connectivity index (χ0) is 23.2. The second kappa shape index (κ2) is 9.64.